The third-order valence-corrected chi connectivity index (χ3v) is 4.65. The van der Waals surface area contributed by atoms with Crippen molar-refractivity contribution in [2.45, 2.75) is 27.2 Å². The Bertz CT molecular complexity index is 530. The maximum absolute atomic E-state index is 9.92. The average Bonchev–Trinajstić information content (AvgIpc) is 2.51. The van der Waals surface area contributed by atoms with Crippen molar-refractivity contribution in [3.8, 4) is 0 Å². The molecule has 1 aliphatic heterocycles. The van der Waals surface area contributed by atoms with E-state index in [9.17, 15) is 5.11 Å². The highest BCUT2D eigenvalue weighted by Gasteiger charge is 2.27. The van der Waals surface area contributed by atoms with Gasteiger partial charge in [-0.25, -0.2) is 0 Å². The molecule has 1 aliphatic rings. The summed E-state index contributed by atoms with van der Waals surface area (Å²) in [7, 11) is 0. The maximum Gasteiger partial charge on any atom is 0.0502 e. The normalized spacial score (nSPS) is 23.3. The van der Waals surface area contributed by atoms with Crippen LogP contribution in [0.4, 0.5) is 0 Å². The molecule has 0 aromatic heterocycles. The first kappa shape index (κ1) is 16.0. The number of aliphatic hydroxyl groups is 1. The monoisotopic (exact) mass is 285 g/mol. The van der Waals surface area contributed by atoms with Crippen LogP contribution < -0.4 is 5.32 Å². The van der Waals surface area contributed by atoms with Gasteiger partial charge in [0.05, 0.1) is 6.61 Å². The number of benzene rings is 1. The number of allylic oxidation sites excluding steroid dienone is 1. The van der Waals surface area contributed by atoms with Crippen LogP contribution in [-0.2, 0) is 0 Å². The van der Waals surface area contributed by atoms with E-state index in [2.05, 4.69) is 62.5 Å². The molecule has 114 valence electrons. The van der Waals surface area contributed by atoms with Gasteiger partial charge in [0.25, 0.3) is 0 Å². The lowest BCUT2D eigenvalue weighted by atomic mass is 9.77. The zero-order valence-electron chi connectivity index (χ0n) is 13.4. The Morgan fingerprint density at radius 2 is 2.19 bits per heavy atom. The highest BCUT2D eigenvalue weighted by Crippen LogP contribution is 2.32. The number of rotatable bonds is 4. The van der Waals surface area contributed by atoms with Crippen molar-refractivity contribution >= 4 is 6.08 Å². The molecule has 2 heteroatoms. The molecule has 1 aromatic carbocycles. The fourth-order valence-corrected chi connectivity index (χ4v) is 3.27. The minimum Gasteiger partial charge on any atom is -0.396 e. The van der Waals surface area contributed by atoms with Gasteiger partial charge < -0.3 is 10.4 Å². The molecule has 2 rings (SSSR count). The molecular formula is C19H27NO. The Kier molecular flexibility index (Phi) is 5.77. The fraction of sp³-hybridized carbons (Fsp3) is 0.474. The standard InChI is InChI=1S/C19H27NO/c1-4-16-12-20-10-9-18(16)19(13-21)15(3)11-17-8-6-5-7-14(17)2/h4-8,11,18-21H,9-10,12-13H2,1-3H3/b15-11+,16-4-/t18-,19?/m1/s1. The molecule has 21 heavy (non-hydrogen) atoms. The predicted octanol–water partition coefficient (Wildman–Crippen LogP) is 3.56. The van der Waals surface area contributed by atoms with Gasteiger partial charge in [0, 0.05) is 12.5 Å². The molecule has 1 saturated heterocycles. The molecule has 0 bridgehead atoms. The van der Waals surface area contributed by atoms with Crippen molar-refractivity contribution in [1.29, 1.82) is 0 Å². The van der Waals surface area contributed by atoms with Crippen molar-refractivity contribution in [2.75, 3.05) is 19.7 Å². The van der Waals surface area contributed by atoms with Gasteiger partial charge in [-0.05, 0) is 50.8 Å². The van der Waals surface area contributed by atoms with Crippen LogP contribution in [0, 0.1) is 18.8 Å². The molecule has 1 unspecified atom stereocenters. The van der Waals surface area contributed by atoms with E-state index in [-0.39, 0.29) is 12.5 Å². The molecule has 0 radical (unpaired) electrons. The Labute approximate surface area is 128 Å². The summed E-state index contributed by atoms with van der Waals surface area (Å²) in [6.07, 6.45) is 5.55. The van der Waals surface area contributed by atoms with Gasteiger partial charge in [-0.1, -0.05) is 47.6 Å². The third-order valence-electron chi connectivity index (χ3n) is 4.65. The van der Waals surface area contributed by atoms with E-state index in [0.717, 1.165) is 19.5 Å². The van der Waals surface area contributed by atoms with E-state index in [4.69, 9.17) is 0 Å². The van der Waals surface area contributed by atoms with Gasteiger partial charge in [0.15, 0.2) is 0 Å². The summed E-state index contributed by atoms with van der Waals surface area (Å²) in [5.74, 6) is 0.680. The molecule has 2 atom stereocenters. The van der Waals surface area contributed by atoms with Crippen LogP contribution >= 0.6 is 0 Å². The van der Waals surface area contributed by atoms with Crippen LogP contribution in [0.2, 0.25) is 0 Å². The molecule has 0 aliphatic carbocycles. The number of nitrogens with one attached hydrogen (secondary N) is 1. The first-order valence-electron chi connectivity index (χ1n) is 7.87. The van der Waals surface area contributed by atoms with Gasteiger partial charge in [0.1, 0.15) is 0 Å². The summed E-state index contributed by atoms with van der Waals surface area (Å²) in [5.41, 5.74) is 5.24. The van der Waals surface area contributed by atoms with Crippen LogP contribution in [0.3, 0.4) is 0 Å². The van der Waals surface area contributed by atoms with E-state index in [1.807, 2.05) is 0 Å². The Morgan fingerprint density at radius 1 is 1.43 bits per heavy atom. The molecule has 0 saturated carbocycles. The van der Waals surface area contributed by atoms with E-state index in [1.54, 1.807) is 0 Å². The van der Waals surface area contributed by atoms with Gasteiger partial charge in [0.2, 0.25) is 0 Å². The van der Waals surface area contributed by atoms with E-state index < -0.39 is 0 Å². The number of piperidine rings is 1. The lowest BCUT2D eigenvalue weighted by Crippen LogP contribution is -2.35. The van der Waals surface area contributed by atoms with E-state index >= 15 is 0 Å². The number of hydrogen-bond acceptors (Lipinski definition) is 2. The Hall–Kier alpha value is -1.38. The van der Waals surface area contributed by atoms with Crippen molar-refractivity contribution in [3.05, 3.63) is 52.6 Å². The fourth-order valence-electron chi connectivity index (χ4n) is 3.27. The number of hydrogen-bond donors (Lipinski definition) is 2. The van der Waals surface area contributed by atoms with E-state index in [1.165, 1.54) is 22.3 Å². The number of aryl methyl sites for hydroxylation is 1. The molecular weight excluding hydrogens is 258 g/mol. The van der Waals surface area contributed by atoms with Crippen molar-refractivity contribution in [3.63, 3.8) is 0 Å². The van der Waals surface area contributed by atoms with Crippen LogP contribution in [0.1, 0.15) is 31.4 Å². The van der Waals surface area contributed by atoms with Crippen LogP contribution in [0.15, 0.2) is 41.5 Å². The summed E-state index contributed by atoms with van der Waals surface area (Å²) < 4.78 is 0. The first-order chi connectivity index (χ1) is 10.2. The van der Waals surface area contributed by atoms with Gasteiger partial charge in [-0.2, -0.15) is 0 Å². The molecule has 2 N–H and O–H groups in total. The maximum atomic E-state index is 9.92. The van der Waals surface area contributed by atoms with Crippen molar-refractivity contribution < 1.29 is 5.11 Å². The minimum absolute atomic E-state index is 0.218. The molecule has 2 nitrogen and oxygen atoms in total. The molecule has 1 aromatic rings. The molecule has 1 fully saturated rings. The lowest BCUT2D eigenvalue weighted by molar-refractivity contribution is 0.201. The molecule has 1 heterocycles. The van der Waals surface area contributed by atoms with Gasteiger partial charge >= 0.3 is 0 Å². The molecule has 0 amide bonds. The predicted molar refractivity (Wildman–Crippen MR) is 90.1 cm³/mol. The Balaban J connectivity index is 2.26. The Morgan fingerprint density at radius 3 is 2.86 bits per heavy atom. The number of aliphatic hydroxyl groups excluding tert-OH is 1. The second kappa shape index (κ2) is 7.58. The minimum atomic E-state index is 0.218. The van der Waals surface area contributed by atoms with Crippen molar-refractivity contribution in [2.24, 2.45) is 11.8 Å². The van der Waals surface area contributed by atoms with Crippen LogP contribution in [-0.4, -0.2) is 24.8 Å². The SMILES string of the molecule is C/C=C1/CNCC[C@H]1C(CO)/C(C)=C/c1ccccc1C. The second-order valence-electron chi connectivity index (χ2n) is 5.97. The van der Waals surface area contributed by atoms with Gasteiger partial charge in [-0.15, -0.1) is 0 Å². The highest BCUT2D eigenvalue weighted by atomic mass is 16.3. The summed E-state index contributed by atoms with van der Waals surface area (Å²) in [6, 6.07) is 8.42. The largest absolute Gasteiger partial charge is 0.396 e. The summed E-state index contributed by atoms with van der Waals surface area (Å²) in [5, 5.41) is 13.3. The average molecular weight is 285 g/mol. The second-order valence-corrected chi connectivity index (χ2v) is 5.97. The van der Waals surface area contributed by atoms with Crippen LogP contribution in [0.5, 0.6) is 0 Å². The smallest absolute Gasteiger partial charge is 0.0502 e. The zero-order chi connectivity index (χ0) is 15.2. The summed E-state index contributed by atoms with van der Waals surface area (Å²) >= 11 is 0. The summed E-state index contributed by atoms with van der Waals surface area (Å²) in [4.78, 5) is 0. The third kappa shape index (κ3) is 3.84. The van der Waals surface area contributed by atoms with Gasteiger partial charge in [-0.3, -0.25) is 0 Å². The van der Waals surface area contributed by atoms with Crippen LogP contribution in [0.25, 0.3) is 6.08 Å². The zero-order valence-corrected chi connectivity index (χ0v) is 13.4. The topological polar surface area (TPSA) is 32.3 Å². The first-order valence-corrected chi connectivity index (χ1v) is 7.87. The quantitative estimate of drug-likeness (QED) is 0.829. The lowest BCUT2D eigenvalue weighted by Gasteiger charge is -2.33. The summed E-state index contributed by atoms with van der Waals surface area (Å²) in [6.45, 7) is 8.60. The van der Waals surface area contributed by atoms with Crippen molar-refractivity contribution in [1.82, 2.24) is 5.32 Å². The molecule has 0 spiro atoms. The highest BCUT2D eigenvalue weighted by molar-refractivity contribution is 5.56. The van der Waals surface area contributed by atoms with E-state index in [0.29, 0.717) is 5.92 Å².